The first kappa shape index (κ1) is 24.0. The summed E-state index contributed by atoms with van der Waals surface area (Å²) in [5.74, 6) is -6.04. The van der Waals surface area contributed by atoms with Gasteiger partial charge in [-0.2, -0.15) is 8.78 Å². The highest BCUT2D eigenvalue weighted by Gasteiger charge is 2.26. The van der Waals surface area contributed by atoms with Gasteiger partial charge in [-0.15, -0.1) is 0 Å². The molecule has 0 aliphatic carbocycles. The molecule has 0 aliphatic heterocycles. The van der Waals surface area contributed by atoms with Gasteiger partial charge in [0.1, 0.15) is 5.75 Å². The summed E-state index contributed by atoms with van der Waals surface area (Å²) in [5, 5.41) is 0.263. The average molecular weight is 477 g/mol. The van der Waals surface area contributed by atoms with Crippen molar-refractivity contribution in [3.63, 3.8) is 0 Å². The van der Waals surface area contributed by atoms with Gasteiger partial charge in [0.15, 0.2) is 6.61 Å². The molecule has 0 atom stereocenters. The van der Waals surface area contributed by atoms with Gasteiger partial charge >= 0.3 is 11.7 Å². The maximum Gasteiger partial charge on any atom is 0.341 e. The van der Waals surface area contributed by atoms with Gasteiger partial charge in [-0.1, -0.05) is 11.6 Å². The zero-order chi connectivity index (χ0) is 23.2. The Morgan fingerprint density at radius 1 is 1.06 bits per heavy atom. The average Bonchev–Trinajstić information content (AvgIpc) is 2.75. The number of hydrazine groups is 1. The summed E-state index contributed by atoms with van der Waals surface area (Å²) in [6, 6.07) is 7.84. The molecule has 0 fully saturated rings. The van der Waals surface area contributed by atoms with E-state index in [2.05, 4.69) is 5.43 Å². The van der Waals surface area contributed by atoms with E-state index >= 15 is 0 Å². The minimum Gasteiger partial charge on any atom is -0.496 e. The zero-order valence-corrected chi connectivity index (χ0v) is 17.3. The molecule has 2 aromatic rings. The van der Waals surface area contributed by atoms with Gasteiger partial charge in [-0.05, 0) is 42.5 Å². The number of carbonyl (C=O) groups excluding carboxylic acids is 3. The summed E-state index contributed by atoms with van der Waals surface area (Å²) in [6.45, 7) is -0.789. The van der Waals surface area contributed by atoms with Crippen molar-refractivity contribution in [2.45, 2.75) is 10.7 Å². The van der Waals surface area contributed by atoms with Crippen molar-refractivity contribution >= 4 is 39.2 Å². The lowest BCUT2D eigenvalue weighted by Crippen LogP contribution is -2.43. The second-order valence-corrected chi connectivity index (χ2v) is 8.11. The highest BCUT2D eigenvalue weighted by atomic mass is 35.5. The Bertz CT molecular complexity index is 1090. The highest BCUT2D eigenvalue weighted by molar-refractivity contribution is 7.91. The van der Waals surface area contributed by atoms with Crippen LogP contribution in [0.3, 0.4) is 0 Å². The van der Waals surface area contributed by atoms with Crippen LogP contribution in [0.25, 0.3) is 0 Å². The number of amides is 2. The molecule has 2 N–H and O–H groups in total. The fourth-order valence-corrected chi connectivity index (χ4v) is 3.08. The molecule has 0 aromatic heterocycles. The van der Waals surface area contributed by atoms with Gasteiger partial charge in [0.25, 0.3) is 11.8 Å². The summed E-state index contributed by atoms with van der Waals surface area (Å²) in [6.07, 6.45) is 0. The predicted octanol–water partition coefficient (Wildman–Crippen LogP) is 1.96. The normalized spacial score (nSPS) is 11.0. The first-order chi connectivity index (χ1) is 14.6. The zero-order valence-electron chi connectivity index (χ0n) is 15.7. The van der Waals surface area contributed by atoms with E-state index in [1.165, 1.54) is 25.3 Å². The van der Waals surface area contributed by atoms with Gasteiger partial charge in [0, 0.05) is 5.02 Å². The molecule has 0 radical (unpaired) electrons. The molecule has 0 aliphatic rings. The van der Waals surface area contributed by atoms with Gasteiger partial charge in [0.05, 0.1) is 23.1 Å². The minimum absolute atomic E-state index is 0.0473. The second kappa shape index (κ2) is 10.2. The van der Waals surface area contributed by atoms with Crippen molar-refractivity contribution < 1.29 is 41.1 Å². The molecule has 9 nitrogen and oxygen atoms in total. The summed E-state index contributed by atoms with van der Waals surface area (Å²) < 4.78 is 57.4. The summed E-state index contributed by atoms with van der Waals surface area (Å²) >= 11 is 5.82. The van der Waals surface area contributed by atoms with Crippen LogP contribution in [0.1, 0.15) is 20.7 Å². The molecule has 0 spiro atoms. The van der Waals surface area contributed by atoms with Gasteiger partial charge < -0.3 is 9.47 Å². The Morgan fingerprint density at radius 3 is 2.29 bits per heavy atom. The smallest absolute Gasteiger partial charge is 0.341 e. The van der Waals surface area contributed by atoms with Crippen molar-refractivity contribution in [2.75, 3.05) is 13.7 Å². The number of nitrogens with one attached hydrogen (secondary N) is 2. The van der Waals surface area contributed by atoms with E-state index in [0.29, 0.717) is 0 Å². The lowest BCUT2D eigenvalue weighted by Gasteiger charge is -2.11. The Morgan fingerprint density at radius 2 is 1.71 bits per heavy atom. The van der Waals surface area contributed by atoms with Crippen LogP contribution in [-0.2, 0) is 19.4 Å². The number of sulfone groups is 1. The molecule has 0 bridgehead atoms. The minimum atomic E-state index is -4.80. The van der Waals surface area contributed by atoms with E-state index in [0.717, 1.165) is 24.3 Å². The fraction of sp³-hybridized carbons (Fsp3) is 0.167. The van der Waals surface area contributed by atoms with Crippen LogP contribution < -0.4 is 15.6 Å². The number of carbonyl (C=O) groups is 3. The molecule has 166 valence electrons. The number of hydrogen-bond donors (Lipinski definition) is 2. The number of esters is 1. The molecule has 2 aromatic carbocycles. The van der Waals surface area contributed by atoms with Crippen molar-refractivity contribution in [2.24, 2.45) is 0 Å². The van der Waals surface area contributed by atoms with Gasteiger partial charge in [-0.3, -0.25) is 20.4 Å². The van der Waals surface area contributed by atoms with Crippen molar-refractivity contribution in [3.8, 4) is 5.75 Å². The van der Waals surface area contributed by atoms with E-state index in [9.17, 15) is 31.6 Å². The van der Waals surface area contributed by atoms with Gasteiger partial charge in [0.2, 0.25) is 9.84 Å². The Labute approximate surface area is 180 Å². The topological polar surface area (TPSA) is 128 Å². The first-order valence-corrected chi connectivity index (χ1v) is 10.2. The van der Waals surface area contributed by atoms with E-state index in [4.69, 9.17) is 21.1 Å². The molecule has 2 amide bonds. The van der Waals surface area contributed by atoms with Crippen molar-refractivity contribution in [1.82, 2.24) is 10.9 Å². The summed E-state index contributed by atoms with van der Waals surface area (Å²) in [5.41, 5.74) is 3.99. The van der Waals surface area contributed by atoms with Gasteiger partial charge in [-0.25, -0.2) is 13.2 Å². The maximum atomic E-state index is 12.5. The number of benzene rings is 2. The van der Waals surface area contributed by atoms with Crippen LogP contribution in [0.2, 0.25) is 5.02 Å². The number of ether oxygens (including phenoxy) is 2. The molecule has 31 heavy (non-hydrogen) atoms. The Balaban J connectivity index is 1.89. The van der Waals surface area contributed by atoms with Crippen LogP contribution in [0.4, 0.5) is 8.78 Å². The van der Waals surface area contributed by atoms with Crippen LogP contribution in [0.15, 0.2) is 47.4 Å². The monoisotopic (exact) mass is 476 g/mol. The predicted molar refractivity (Wildman–Crippen MR) is 104 cm³/mol. The van der Waals surface area contributed by atoms with Crippen LogP contribution in [0.5, 0.6) is 5.75 Å². The molecule has 2 rings (SSSR count). The van der Waals surface area contributed by atoms with Crippen molar-refractivity contribution in [3.05, 3.63) is 58.6 Å². The third-order valence-electron chi connectivity index (χ3n) is 3.71. The quantitative estimate of drug-likeness (QED) is 0.462. The van der Waals surface area contributed by atoms with E-state index in [1.807, 2.05) is 5.43 Å². The number of rotatable bonds is 7. The molecule has 0 unspecified atom stereocenters. The number of methoxy groups -OCH3 is 1. The second-order valence-electron chi connectivity index (χ2n) is 5.75. The third-order valence-corrected chi connectivity index (χ3v) is 5.34. The molecule has 0 saturated carbocycles. The molecule has 0 saturated heterocycles. The van der Waals surface area contributed by atoms with Crippen molar-refractivity contribution in [1.29, 1.82) is 0 Å². The summed E-state index contributed by atoms with van der Waals surface area (Å²) in [7, 11) is -3.46. The lowest BCUT2D eigenvalue weighted by atomic mass is 10.2. The lowest BCUT2D eigenvalue weighted by molar-refractivity contribution is -0.125. The summed E-state index contributed by atoms with van der Waals surface area (Å²) in [4.78, 5) is 35.1. The number of alkyl halides is 2. The maximum absolute atomic E-state index is 12.5. The molecular weight excluding hydrogens is 462 g/mol. The SMILES string of the molecule is COc1ccc(Cl)cc1C(=O)NNC(=O)COC(=O)c1ccc(S(=O)(=O)C(F)F)cc1. The largest absolute Gasteiger partial charge is 0.496 e. The molecule has 0 heterocycles. The molecular formula is C18H15ClF2N2O7S. The van der Waals surface area contributed by atoms with E-state index < -0.39 is 44.9 Å². The Hall–Kier alpha value is -3.25. The highest BCUT2D eigenvalue weighted by Crippen LogP contribution is 2.22. The fourth-order valence-electron chi connectivity index (χ4n) is 2.19. The first-order valence-electron chi connectivity index (χ1n) is 8.28. The van der Waals surface area contributed by atoms with Crippen LogP contribution in [0, 0.1) is 0 Å². The Kier molecular flexibility index (Phi) is 7.89. The number of halogens is 3. The van der Waals surface area contributed by atoms with Crippen LogP contribution in [-0.4, -0.2) is 45.7 Å². The van der Waals surface area contributed by atoms with Crippen LogP contribution >= 0.6 is 11.6 Å². The van der Waals surface area contributed by atoms with E-state index in [1.54, 1.807) is 0 Å². The number of hydrogen-bond acceptors (Lipinski definition) is 7. The third kappa shape index (κ3) is 6.12. The standard InChI is InChI=1S/C18H15ClF2N2O7S/c1-29-14-7-4-11(19)8-13(14)16(25)23-22-15(24)9-30-17(26)10-2-5-12(6-3-10)31(27,28)18(20)21/h2-8,18H,9H2,1H3,(H,22,24)(H,23,25). The van der Waals surface area contributed by atoms with E-state index in [-0.39, 0.29) is 21.9 Å². The molecule has 13 heteroatoms.